The third-order valence-electron chi connectivity index (χ3n) is 4.35. The summed E-state index contributed by atoms with van der Waals surface area (Å²) in [7, 11) is 0. The molecule has 3 rings (SSSR count). The fourth-order valence-electron chi connectivity index (χ4n) is 3.00. The molecule has 0 aliphatic carbocycles. The number of rotatable bonds is 7. The highest BCUT2D eigenvalue weighted by atomic mass is 16.5. The topological polar surface area (TPSA) is 75.6 Å². The van der Waals surface area contributed by atoms with Gasteiger partial charge in [0.05, 0.1) is 13.2 Å². The summed E-state index contributed by atoms with van der Waals surface area (Å²) in [6.07, 6.45) is 1.02. The first-order chi connectivity index (χ1) is 12.1. The molecule has 0 radical (unpaired) electrons. The van der Waals surface area contributed by atoms with Crippen LogP contribution in [-0.2, 0) is 29.2 Å². The molecule has 130 valence electrons. The number of carboxylic acid groups (broad SMARTS) is 1. The first-order valence-corrected chi connectivity index (χ1v) is 8.38. The molecule has 0 fully saturated rings. The predicted octanol–water partition coefficient (Wildman–Crippen LogP) is 2.92. The van der Waals surface area contributed by atoms with E-state index in [0.717, 1.165) is 16.7 Å². The van der Waals surface area contributed by atoms with Gasteiger partial charge in [-0.2, -0.15) is 0 Å². The Bertz CT molecular complexity index is 758. The van der Waals surface area contributed by atoms with Gasteiger partial charge in [0.15, 0.2) is 0 Å². The number of nitrogens with one attached hydrogen (secondary N) is 1. The fourth-order valence-corrected chi connectivity index (χ4v) is 3.00. The van der Waals surface area contributed by atoms with Crippen molar-refractivity contribution in [2.45, 2.75) is 38.5 Å². The SMILES string of the molecule is O=C(O)CCC(Cc1ccccc1)NC(=O)c1ccc2c(c1)COC2. The van der Waals surface area contributed by atoms with Gasteiger partial charge in [0.1, 0.15) is 0 Å². The molecule has 1 aliphatic rings. The Morgan fingerprint density at radius 1 is 1.08 bits per heavy atom. The second kappa shape index (κ2) is 7.94. The van der Waals surface area contributed by atoms with Gasteiger partial charge in [-0.05, 0) is 41.7 Å². The Kier molecular flexibility index (Phi) is 5.46. The average molecular weight is 339 g/mol. The van der Waals surface area contributed by atoms with Gasteiger partial charge in [-0.25, -0.2) is 0 Å². The van der Waals surface area contributed by atoms with E-state index in [2.05, 4.69) is 5.32 Å². The number of benzene rings is 2. The molecule has 2 N–H and O–H groups in total. The molecular weight excluding hydrogens is 318 g/mol. The van der Waals surface area contributed by atoms with Crippen LogP contribution >= 0.6 is 0 Å². The number of hydrogen-bond acceptors (Lipinski definition) is 3. The number of ether oxygens (including phenoxy) is 1. The van der Waals surface area contributed by atoms with Crippen LogP contribution in [0.25, 0.3) is 0 Å². The summed E-state index contributed by atoms with van der Waals surface area (Å²) in [5.74, 6) is -1.04. The van der Waals surface area contributed by atoms with Gasteiger partial charge in [0.2, 0.25) is 0 Å². The number of aliphatic carboxylic acids is 1. The van der Waals surface area contributed by atoms with Crippen LogP contribution in [0.2, 0.25) is 0 Å². The average Bonchev–Trinajstić information content (AvgIpc) is 3.08. The van der Waals surface area contributed by atoms with Crippen LogP contribution < -0.4 is 5.32 Å². The largest absolute Gasteiger partial charge is 0.481 e. The molecule has 5 heteroatoms. The molecule has 1 heterocycles. The molecule has 0 saturated heterocycles. The number of fused-ring (bicyclic) bond motifs is 1. The minimum atomic E-state index is -0.859. The zero-order valence-corrected chi connectivity index (χ0v) is 13.9. The van der Waals surface area contributed by atoms with E-state index in [-0.39, 0.29) is 18.4 Å². The van der Waals surface area contributed by atoms with Crippen molar-refractivity contribution in [3.8, 4) is 0 Å². The highest BCUT2D eigenvalue weighted by Gasteiger charge is 2.18. The van der Waals surface area contributed by atoms with Crippen LogP contribution in [0, 0.1) is 0 Å². The van der Waals surface area contributed by atoms with Gasteiger partial charge in [0.25, 0.3) is 5.91 Å². The smallest absolute Gasteiger partial charge is 0.303 e. The Morgan fingerprint density at radius 3 is 2.60 bits per heavy atom. The van der Waals surface area contributed by atoms with E-state index in [0.29, 0.717) is 31.6 Å². The lowest BCUT2D eigenvalue weighted by atomic mass is 10.0. The quantitative estimate of drug-likeness (QED) is 0.813. The zero-order valence-electron chi connectivity index (χ0n) is 13.9. The summed E-state index contributed by atoms with van der Waals surface area (Å²) in [5.41, 5.74) is 3.80. The highest BCUT2D eigenvalue weighted by Crippen LogP contribution is 2.21. The van der Waals surface area contributed by atoms with Crippen LogP contribution in [0.1, 0.15) is 39.9 Å². The molecule has 2 aromatic carbocycles. The zero-order chi connectivity index (χ0) is 17.6. The molecule has 0 bridgehead atoms. The second-order valence-electron chi connectivity index (χ2n) is 6.27. The third kappa shape index (κ3) is 4.67. The van der Waals surface area contributed by atoms with Crippen LogP contribution in [0.5, 0.6) is 0 Å². The van der Waals surface area contributed by atoms with Crippen LogP contribution in [0.3, 0.4) is 0 Å². The Morgan fingerprint density at radius 2 is 1.84 bits per heavy atom. The maximum atomic E-state index is 12.6. The number of carbonyl (C=O) groups excluding carboxylic acids is 1. The summed E-state index contributed by atoms with van der Waals surface area (Å²) < 4.78 is 5.38. The molecule has 1 amide bonds. The molecule has 25 heavy (non-hydrogen) atoms. The van der Waals surface area contributed by atoms with E-state index in [1.807, 2.05) is 42.5 Å². The van der Waals surface area contributed by atoms with E-state index in [4.69, 9.17) is 9.84 Å². The van der Waals surface area contributed by atoms with E-state index in [1.165, 1.54) is 0 Å². The molecular formula is C20H21NO4. The summed E-state index contributed by atoms with van der Waals surface area (Å²) in [4.78, 5) is 23.5. The summed E-state index contributed by atoms with van der Waals surface area (Å²) in [6, 6.07) is 15.1. The highest BCUT2D eigenvalue weighted by molar-refractivity contribution is 5.94. The fraction of sp³-hybridized carbons (Fsp3) is 0.300. The summed E-state index contributed by atoms with van der Waals surface area (Å²) in [5, 5.41) is 11.9. The molecule has 1 unspecified atom stereocenters. The Balaban J connectivity index is 1.69. The van der Waals surface area contributed by atoms with Gasteiger partial charge in [-0.3, -0.25) is 9.59 Å². The molecule has 0 aromatic heterocycles. The molecule has 1 aliphatic heterocycles. The van der Waals surface area contributed by atoms with Crippen LogP contribution in [-0.4, -0.2) is 23.0 Å². The summed E-state index contributed by atoms with van der Waals surface area (Å²) in [6.45, 7) is 1.12. The standard InChI is InChI=1S/C20H21NO4/c22-19(23)9-8-18(10-14-4-2-1-3-5-14)21-20(24)15-6-7-16-12-25-13-17(16)11-15/h1-7,11,18H,8-10,12-13H2,(H,21,24)(H,22,23). The van der Waals surface area contributed by atoms with Crippen molar-refractivity contribution >= 4 is 11.9 Å². The van der Waals surface area contributed by atoms with Crippen molar-refractivity contribution in [2.75, 3.05) is 0 Å². The monoisotopic (exact) mass is 339 g/mol. The normalized spacial score (nSPS) is 13.9. The number of carboxylic acids is 1. The second-order valence-corrected chi connectivity index (χ2v) is 6.27. The van der Waals surface area contributed by atoms with Crippen molar-refractivity contribution in [3.63, 3.8) is 0 Å². The van der Waals surface area contributed by atoms with Gasteiger partial charge in [-0.15, -0.1) is 0 Å². The van der Waals surface area contributed by atoms with Gasteiger partial charge in [0, 0.05) is 18.0 Å². The first-order valence-electron chi connectivity index (χ1n) is 8.38. The third-order valence-corrected chi connectivity index (χ3v) is 4.35. The number of hydrogen-bond donors (Lipinski definition) is 2. The molecule has 2 aromatic rings. The van der Waals surface area contributed by atoms with Gasteiger partial charge in [-0.1, -0.05) is 36.4 Å². The lowest BCUT2D eigenvalue weighted by Crippen LogP contribution is -2.37. The van der Waals surface area contributed by atoms with Crippen molar-refractivity contribution in [1.82, 2.24) is 5.32 Å². The van der Waals surface area contributed by atoms with Gasteiger partial charge < -0.3 is 15.2 Å². The van der Waals surface area contributed by atoms with Crippen LogP contribution in [0.4, 0.5) is 0 Å². The van der Waals surface area contributed by atoms with Crippen molar-refractivity contribution in [2.24, 2.45) is 0 Å². The maximum absolute atomic E-state index is 12.6. The van der Waals surface area contributed by atoms with E-state index in [1.54, 1.807) is 6.07 Å². The molecule has 1 atom stereocenters. The maximum Gasteiger partial charge on any atom is 0.303 e. The Hall–Kier alpha value is -2.66. The van der Waals surface area contributed by atoms with Gasteiger partial charge >= 0.3 is 5.97 Å². The van der Waals surface area contributed by atoms with Crippen LogP contribution in [0.15, 0.2) is 48.5 Å². The molecule has 0 saturated carbocycles. The number of carbonyl (C=O) groups is 2. The number of amides is 1. The lowest BCUT2D eigenvalue weighted by molar-refractivity contribution is -0.137. The molecule has 5 nitrogen and oxygen atoms in total. The first kappa shape index (κ1) is 17.2. The minimum Gasteiger partial charge on any atom is -0.481 e. The van der Waals surface area contributed by atoms with E-state index < -0.39 is 5.97 Å². The van der Waals surface area contributed by atoms with Crippen molar-refractivity contribution < 1.29 is 19.4 Å². The van der Waals surface area contributed by atoms with Crippen molar-refractivity contribution in [3.05, 3.63) is 70.8 Å². The Labute approximate surface area is 146 Å². The lowest BCUT2D eigenvalue weighted by Gasteiger charge is -2.18. The van der Waals surface area contributed by atoms with Crippen molar-refractivity contribution in [1.29, 1.82) is 0 Å². The molecule has 0 spiro atoms. The van der Waals surface area contributed by atoms with E-state index in [9.17, 15) is 9.59 Å². The minimum absolute atomic E-state index is 0.0236. The summed E-state index contributed by atoms with van der Waals surface area (Å²) >= 11 is 0. The van der Waals surface area contributed by atoms with E-state index >= 15 is 0 Å². The predicted molar refractivity (Wildman–Crippen MR) is 93.2 cm³/mol.